The van der Waals surface area contributed by atoms with Crippen molar-refractivity contribution in [3.05, 3.63) is 77.6 Å². The number of rotatable bonds is 7. The Morgan fingerprint density at radius 1 is 1.13 bits per heavy atom. The van der Waals surface area contributed by atoms with Crippen molar-refractivity contribution in [2.75, 3.05) is 13.2 Å². The molecule has 0 bridgehead atoms. The van der Waals surface area contributed by atoms with Gasteiger partial charge in [-0.3, -0.25) is 4.79 Å². The predicted octanol–water partition coefficient (Wildman–Crippen LogP) is 5.02. The van der Waals surface area contributed by atoms with Crippen LogP contribution in [0.3, 0.4) is 0 Å². The molecule has 0 aliphatic carbocycles. The molecule has 0 atom stereocenters. The molecule has 1 aliphatic rings. The van der Waals surface area contributed by atoms with Gasteiger partial charge in [-0.25, -0.2) is 0 Å². The second kappa shape index (κ2) is 9.39. The number of carbonyl (C=O) groups excluding carboxylic acids is 1. The average molecular weight is 418 g/mol. The van der Waals surface area contributed by atoms with Gasteiger partial charge in [0, 0.05) is 12.2 Å². The summed E-state index contributed by atoms with van der Waals surface area (Å²) in [7, 11) is 0. The number of hydrogen-bond donors (Lipinski definition) is 2. The summed E-state index contributed by atoms with van der Waals surface area (Å²) in [5.74, 6) is 0.339. The Labute approximate surface area is 172 Å². The lowest BCUT2D eigenvalue weighted by Gasteiger charge is -2.16. The Morgan fingerprint density at radius 3 is 2.50 bits per heavy atom. The summed E-state index contributed by atoms with van der Waals surface area (Å²) in [6.07, 6.45) is 1.25. The van der Waals surface area contributed by atoms with Gasteiger partial charge in [0.05, 0.1) is 17.7 Å². The first-order valence-corrected chi connectivity index (χ1v) is 9.40. The Hall–Kier alpha value is -3.42. The van der Waals surface area contributed by atoms with E-state index in [1.807, 2.05) is 6.92 Å². The van der Waals surface area contributed by atoms with Gasteiger partial charge < -0.3 is 20.1 Å². The van der Waals surface area contributed by atoms with Gasteiger partial charge in [0.1, 0.15) is 17.2 Å². The number of benzene rings is 2. The molecule has 0 saturated heterocycles. The standard InChI is InChI=1S/C22H21F3N2O3/c1-2-13-29-17-4-6-18(7-5-17)30-20-8-3-15(22(23,24)25)14-19(20)21(28)27-16-9-11-26-12-10-16/h3-11,14,26H,2,12-13H2,1H3,(H,27,28). The summed E-state index contributed by atoms with van der Waals surface area (Å²) in [6.45, 7) is 3.07. The minimum atomic E-state index is -4.58. The van der Waals surface area contributed by atoms with Gasteiger partial charge in [0.2, 0.25) is 0 Å². The fraction of sp³-hybridized carbons (Fsp3) is 0.227. The van der Waals surface area contributed by atoms with Gasteiger partial charge >= 0.3 is 6.18 Å². The monoisotopic (exact) mass is 418 g/mol. The highest BCUT2D eigenvalue weighted by atomic mass is 19.4. The molecule has 0 saturated carbocycles. The maximum atomic E-state index is 13.2. The summed E-state index contributed by atoms with van der Waals surface area (Å²) in [4.78, 5) is 12.7. The Kier molecular flexibility index (Phi) is 6.66. The maximum Gasteiger partial charge on any atom is 0.416 e. The number of carbonyl (C=O) groups is 1. The van der Waals surface area contributed by atoms with Crippen LogP contribution in [-0.4, -0.2) is 19.1 Å². The fourth-order valence-electron chi connectivity index (χ4n) is 2.67. The number of nitrogens with one attached hydrogen (secondary N) is 2. The zero-order valence-electron chi connectivity index (χ0n) is 16.3. The van der Waals surface area contributed by atoms with E-state index in [0.29, 0.717) is 30.3 Å². The van der Waals surface area contributed by atoms with Crippen molar-refractivity contribution in [3.8, 4) is 17.2 Å². The molecule has 2 N–H and O–H groups in total. The van der Waals surface area contributed by atoms with E-state index in [4.69, 9.17) is 9.47 Å². The van der Waals surface area contributed by atoms with Crippen LogP contribution in [0.1, 0.15) is 29.3 Å². The van der Waals surface area contributed by atoms with Gasteiger partial charge in [-0.05, 0) is 67.2 Å². The molecule has 3 rings (SSSR count). The Balaban J connectivity index is 1.86. The molecule has 2 aromatic rings. The molecule has 8 heteroatoms. The van der Waals surface area contributed by atoms with Crippen LogP contribution >= 0.6 is 0 Å². The highest BCUT2D eigenvalue weighted by Gasteiger charge is 2.32. The van der Waals surface area contributed by atoms with Crippen LogP contribution in [0.5, 0.6) is 17.2 Å². The van der Waals surface area contributed by atoms with Crippen molar-refractivity contribution in [1.29, 1.82) is 0 Å². The molecular formula is C22H21F3N2O3. The third kappa shape index (κ3) is 5.56. The van der Waals surface area contributed by atoms with E-state index in [0.717, 1.165) is 24.6 Å². The molecule has 0 spiro atoms. The Morgan fingerprint density at radius 2 is 1.87 bits per heavy atom. The van der Waals surface area contributed by atoms with Gasteiger partial charge in [0.15, 0.2) is 0 Å². The van der Waals surface area contributed by atoms with Gasteiger partial charge in [-0.1, -0.05) is 6.92 Å². The molecule has 158 valence electrons. The van der Waals surface area contributed by atoms with Crippen LogP contribution in [0.15, 0.2) is 66.5 Å². The molecule has 0 aromatic heterocycles. The Bertz CT molecular complexity index is 951. The van der Waals surface area contributed by atoms with E-state index >= 15 is 0 Å². The van der Waals surface area contributed by atoms with Crippen LogP contribution in [0, 0.1) is 0 Å². The van der Waals surface area contributed by atoms with Crippen molar-refractivity contribution < 1.29 is 27.4 Å². The number of hydrogen-bond acceptors (Lipinski definition) is 4. The van der Waals surface area contributed by atoms with Crippen LogP contribution < -0.4 is 20.1 Å². The number of ether oxygens (including phenoxy) is 2. The number of halogens is 3. The van der Waals surface area contributed by atoms with Gasteiger partial charge in [0.25, 0.3) is 5.91 Å². The third-order valence-electron chi connectivity index (χ3n) is 4.15. The highest BCUT2D eigenvalue weighted by molar-refractivity contribution is 5.98. The first-order chi connectivity index (χ1) is 14.4. The molecule has 0 fully saturated rings. The predicted molar refractivity (Wildman–Crippen MR) is 106 cm³/mol. The van der Waals surface area contributed by atoms with Crippen molar-refractivity contribution in [2.24, 2.45) is 0 Å². The molecule has 2 aromatic carbocycles. The lowest BCUT2D eigenvalue weighted by Crippen LogP contribution is -2.25. The van der Waals surface area contributed by atoms with E-state index in [-0.39, 0.29) is 11.3 Å². The van der Waals surface area contributed by atoms with E-state index < -0.39 is 17.6 Å². The summed E-state index contributed by atoms with van der Waals surface area (Å²) in [6, 6.07) is 9.46. The molecule has 0 unspecified atom stereocenters. The smallest absolute Gasteiger partial charge is 0.416 e. The van der Waals surface area contributed by atoms with Crippen LogP contribution in [-0.2, 0) is 6.18 Å². The quantitative estimate of drug-likeness (QED) is 0.663. The SMILES string of the molecule is CCCOc1ccc(Oc2ccc(C(F)(F)F)cc2C(=O)NC2=CCNC=C2)cc1. The highest BCUT2D eigenvalue weighted by Crippen LogP contribution is 2.34. The number of amides is 1. The summed E-state index contributed by atoms with van der Waals surface area (Å²) >= 11 is 0. The molecular weight excluding hydrogens is 397 g/mol. The van der Waals surface area contributed by atoms with Gasteiger partial charge in [-0.2, -0.15) is 13.2 Å². The number of allylic oxidation sites excluding steroid dienone is 1. The van der Waals surface area contributed by atoms with E-state index in [2.05, 4.69) is 10.6 Å². The van der Waals surface area contributed by atoms with Crippen molar-refractivity contribution in [2.45, 2.75) is 19.5 Å². The molecule has 1 heterocycles. The zero-order chi connectivity index (χ0) is 21.6. The zero-order valence-corrected chi connectivity index (χ0v) is 16.3. The van der Waals surface area contributed by atoms with Crippen LogP contribution in [0.2, 0.25) is 0 Å². The molecule has 1 aliphatic heterocycles. The second-order valence-corrected chi connectivity index (χ2v) is 6.49. The van der Waals surface area contributed by atoms with Crippen molar-refractivity contribution >= 4 is 5.91 Å². The first-order valence-electron chi connectivity index (χ1n) is 9.40. The lowest BCUT2D eigenvalue weighted by molar-refractivity contribution is -0.137. The van der Waals surface area contributed by atoms with Crippen molar-refractivity contribution in [1.82, 2.24) is 10.6 Å². The maximum absolute atomic E-state index is 13.2. The molecule has 0 radical (unpaired) electrons. The lowest BCUT2D eigenvalue weighted by atomic mass is 10.1. The summed E-state index contributed by atoms with van der Waals surface area (Å²) in [5.41, 5.74) is -0.665. The summed E-state index contributed by atoms with van der Waals surface area (Å²) in [5, 5.41) is 5.53. The van der Waals surface area contributed by atoms with E-state index in [1.165, 1.54) is 0 Å². The largest absolute Gasteiger partial charge is 0.494 e. The van der Waals surface area contributed by atoms with E-state index in [9.17, 15) is 18.0 Å². The van der Waals surface area contributed by atoms with E-state index in [1.54, 1.807) is 42.6 Å². The third-order valence-corrected chi connectivity index (χ3v) is 4.15. The fourth-order valence-corrected chi connectivity index (χ4v) is 2.67. The number of dihydropyridines is 1. The van der Waals surface area contributed by atoms with Gasteiger partial charge in [-0.15, -0.1) is 0 Å². The second-order valence-electron chi connectivity index (χ2n) is 6.49. The summed E-state index contributed by atoms with van der Waals surface area (Å²) < 4.78 is 50.7. The molecule has 30 heavy (non-hydrogen) atoms. The average Bonchev–Trinajstić information content (AvgIpc) is 2.73. The number of alkyl halides is 3. The molecule has 5 nitrogen and oxygen atoms in total. The topological polar surface area (TPSA) is 59.6 Å². The minimum absolute atomic E-state index is 0.0150. The van der Waals surface area contributed by atoms with Crippen molar-refractivity contribution in [3.63, 3.8) is 0 Å². The molecule has 1 amide bonds. The van der Waals surface area contributed by atoms with Crippen LogP contribution in [0.4, 0.5) is 13.2 Å². The minimum Gasteiger partial charge on any atom is -0.494 e. The normalized spacial score (nSPS) is 13.3. The first kappa shape index (κ1) is 21.3. The van der Waals surface area contributed by atoms with Crippen LogP contribution in [0.25, 0.3) is 0 Å².